The number of carbonyl (C=O) groups is 1. The van der Waals surface area contributed by atoms with Gasteiger partial charge in [0, 0.05) is 13.1 Å². The predicted molar refractivity (Wildman–Crippen MR) is 38.7 cm³/mol. The van der Waals surface area contributed by atoms with Crippen LogP contribution in [0.3, 0.4) is 0 Å². The third-order valence-corrected chi connectivity index (χ3v) is 1.50. The molecule has 11 heavy (non-hydrogen) atoms. The summed E-state index contributed by atoms with van der Waals surface area (Å²) >= 11 is 4.50. The molecule has 2 nitrogen and oxygen atoms in total. The third kappa shape index (κ3) is 3.01. The number of halogens is 3. The van der Waals surface area contributed by atoms with E-state index in [0.29, 0.717) is 0 Å². The molecule has 0 rings (SSSR count). The normalized spacial score (nSPS) is 11.9. The molecule has 0 aliphatic carbocycles. The van der Waals surface area contributed by atoms with Crippen molar-refractivity contribution in [2.24, 2.45) is 0 Å². The van der Waals surface area contributed by atoms with Crippen LogP contribution >= 0.6 is 11.6 Å². The molecule has 0 aromatic rings. The van der Waals surface area contributed by atoms with Crippen LogP contribution in [-0.4, -0.2) is 29.3 Å². The molecule has 0 aliphatic heterocycles. The molecule has 0 aliphatic rings. The molecule has 5 heteroatoms. The monoisotopic (exact) mass is 185 g/mol. The first kappa shape index (κ1) is 10.6. The van der Waals surface area contributed by atoms with Crippen molar-refractivity contribution in [2.75, 3.05) is 7.05 Å². The number of alkyl halides is 3. The smallest absolute Gasteiger partial charge is 0.337 e. The summed E-state index contributed by atoms with van der Waals surface area (Å²) in [5.41, 5.74) is 0. The van der Waals surface area contributed by atoms with Crippen molar-refractivity contribution < 1.29 is 13.6 Å². The van der Waals surface area contributed by atoms with E-state index >= 15 is 0 Å². The van der Waals surface area contributed by atoms with E-state index in [1.165, 1.54) is 7.05 Å². The van der Waals surface area contributed by atoms with E-state index in [0.717, 1.165) is 4.90 Å². The average molecular weight is 186 g/mol. The van der Waals surface area contributed by atoms with Crippen molar-refractivity contribution in [1.82, 2.24) is 4.90 Å². The molecule has 0 spiro atoms. The molecule has 1 amide bonds. The average Bonchev–Trinajstić information content (AvgIpc) is 1.82. The molecule has 0 N–H and O–H groups in total. The first-order valence-corrected chi connectivity index (χ1v) is 3.48. The number of carbonyl (C=O) groups excluding carboxylic acids is 1. The minimum atomic E-state index is -3.78. The van der Waals surface area contributed by atoms with Gasteiger partial charge in [-0.1, -0.05) is 0 Å². The Hall–Kier alpha value is -0.380. The van der Waals surface area contributed by atoms with Crippen molar-refractivity contribution in [3.8, 4) is 0 Å². The van der Waals surface area contributed by atoms with Crippen molar-refractivity contribution in [3.05, 3.63) is 0 Å². The van der Waals surface area contributed by atoms with Gasteiger partial charge in [0.05, 0.1) is 0 Å². The zero-order valence-corrected chi connectivity index (χ0v) is 7.32. The summed E-state index contributed by atoms with van der Waals surface area (Å²) in [6.45, 7) is 3.25. The minimum absolute atomic E-state index is 0.271. The highest BCUT2D eigenvalue weighted by Gasteiger charge is 2.38. The Balaban J connectivity index is 4.26. The van der Waals surface area contributed by atoms with Crippen LogP contribution < -0.4 is 0 Å². The Bertz CT molecular complexity index is 155. The largest absolute Gasteiger partial charge is 0.399 e. The summed E-state index contributed by atoms with van der Waals surface area (Å²) < 4.78 is 24.2. The van der Waals surface area contributed by atoms with Crippen molar-refractivity contribution >= 4 is 17.5 Å². The molecule has 0 atom stereocenters. The molecule has 0 heterocycles. The Kier molecular flexibility index (Phi) is 3.23. The molecule has 0 aromatic carbocycles. The number of nitrogens with zero attached hydrogens (tertiary/aromatic N) is 1. The maximum absolute atomic E-state index is 12.1. The lowest BCUT2D eigenvalue weighted by Crippen LogP contribution is -2.41. The molecule has 0 fully saturated rings. The molecule has 66 valence electrons. The fraction of sp³-hybridized carbons (Fsp3) is 0.833. The minimum Gasteiger partial charge on any atom is -0.337 e. The van der Waals surface area contributed by atoms with Crippen LogP contribution in [0, 0.1) is 0 Å². The van der Waals surface area contributed by atoms with E-state index in [4.69, 9.17) is 0 Å². The zero-order valence-electron chi connectivity index (χ0n) is 6.57. The first-order chi connectivity index (χ1) is 4.76. The van der Waals surface area contributed by atoms with Gasteiger partial charge in [-0.15, -0.1) is 0 Å². The van der Waals surface area contributed by atoms with Gasteiger partial charge in [0.2, 0.25) is 0 Å². The lowest BCUT2D eigenvalue weighted by atomic mass is 10.3. The van der Waals surface area contributed by atoms with Gasteiger partial charge in [0.15, 0.2) is 0 Å². The topological polar surface area (TPSA) is 20.3 Å². The van der Waals surface area contributed by atoms with Gasteiger partial charge in [-0.05, 0) is 25.4 Å². The Morgan fingerprint density at radius 3 is 2.00 bits per heavy atom. The quantitative estimate of drug-likeness (QED) is 0.600. The van der Waals surface area contributed by atoms with Crippen molar-refractivity contribution in [1.29, 1.82) is 0 Å². The van der Waals surface area contributed by atoms with Gasteiger partial charge in [-0.25, -0.2) is 0 Å². The highest BCUT2D eigenvalue weighted by atomic mass is 35.5. The SMILES string of the molecule is CC(C)N(C)C(=O)C(F)(F)Cl. The molecular formula is C6H10ClF2NO. The molecule has 0 saturated heterocycles. The summed E-state index contributed by atoms with van der Waals surface area (Å²) in [5.74, 6) is -1.37. The van der Waals surface area contributed by atoms with Gasteiger partial charge >= 0.3 is 11.3 Å². The van der Waals surface area contributed by atoms with Crippen LogP contribution in [0.2, 0.25) is 0 Å². The number of rotatable bonds is 2. The second-order valence-electron chi connectivity index (χ2n) is 2.51. The predicted octanol–water partition coefficient (Wildman–Crippen LogP) is 1.68. The second kappa shape index (κ2) is 3.34. The molecule has 0 bridgehead atoms. The van der Waals surface area contributed by atoms with Crippen molar-refractivity contribution in [2.45, 2.75) is 25.3 Å². The highest BCUT2D eigenvalue weighted by Crippen LogP contribution is 2.21. The van der Waals surface area contributed by atoms with Gasteiger partial charge in [-0.2, -0.15) is 8.78 Å². The second-order valence-corrected chi connectivity index (χ2v) is 2.98. The maximum Gasteiger partial charge on any atom is 0.399 e. The molecule has 0 saturated carbocycles. The van der Waals surface area contributed by atoms with E-state index in [1.54, 1.807) is 13.8 Å². The van der Waals surface area contributed by atoms with E-state index < -0.39 is 11.3 Å². The Labute approximate surface area is 69.1 Å². The standard InChI is InChI=1S/C6H10ClF2NO/c1-4(2)10(3)5(11)6(7,8)9/h4H,1-3H3. The van der Waals surface area contributed by atoms with Crippen LogP contribution in [0.5, 0.6) is 0 Å². The van der Waals surface area contributed by atoms with Crippen LogP contribution in [0.4, 0.5) is 8.78 Å². The van der Waals surface area contributed by atoms with E-state index in [2.05, 4.69) is 11.6 Å². The van der Waals surface area contributed by atoms with E-state index in [9.17, 15) is 13.6 Å². The van der Waals surface area contributed by atoms with Crippen LogP contribution in [0.15, 0.2) is 0 Å². The summed E-state index contributed by atoms with van der Waals surface area (Å²) in [5, 5.41) is -3.78. The van der Waals surface area contributed by atoms with E-state index in [-0.39, 0.29) is 6.04 Å². The Morgan fingerprint density at radius 2 is 1.91 bits per heavy atom. The lowest BCUT2D eigenvalue weighted by Gasteiger charge is -2.23. The first-order valence-electron chi connectivity index (χ1n) is 3.10. The summed E-state index contributed by atoms with van der Waals surface area (Å²) in [4.78, 5) is 11.5. The van der Waals surface area contributed by atoms with Crippen molar-refractivity contribution in [3.63, 3.8) is 0 Å². The van der Waals surface area contributed by atoms with Gasteiger partial charge in [-0.3, -0.25) is 4.79 Å². The maximum atomic E-state index is 12.1. The highest BCUT2D eigenvalue weighted by molar-refractivity contribution is 6.32. The molecule has 0 aromatic heterocycles. The van der Waals surface area contributed by atoms with Gasteiger partial charge in [0.1, 0.15) is 0 Å². The van der Waals surface area contributed by atoms with Crippen LogP contribution in [0.25, 0.3) is 0 Å². The molecular weight excluding hydrogens is 176 g/mol. The molecule has 0 unspecified atom stereocenters. The summed E-state index contributed by atoms with van der Waals surface area (Å²) in [6, 6.07) is -0.271. The summed E-state index contributed by atoms with van der Waals surface area (Å²) in [7, 11) is 1.28. The van der Waals surface area contributed by atoms with Crippen LogP contribution in [-0.2, 0) is 4.79 Å². The Morgan fingerprint density at radius 1 is 1.55 bits per heavy atom. The van der Waals surface area contributed by atoms with Gasteiger partial charge in [0.25, 0.3) is 0 Å². The fourth-order valence-corrected chi connectivity index (χ4v) is 0.568. The number of hydrogen-bond acceptors (Lipinski definition) is 1. The zero-order chi connectivity index (χ0) is 9.23. The van der Waals surface area contributed by atoms with E-state index in [1.807, 2.05) is 0 Å². The number of hydrogen-bond donors (Lipinski definition) is 0. The summed E-state index contributed by atoms with van der Waals surface area (Å²) in [6.07, 6.45) is 0. The lowest BCUT2D eigenvalue weighted by molar-refractivity contribution is -0.147. The molecule has 0 radical (unpaired) electrons. The van der Waals surface area contributed by atoms with Crippen LogP contribution in [0.1, 0.15) is 13.8 Å². The van der Waals surface area contributed by atoms with Gasteiger partial charge < -0.3 is 4.90 Å². The third-order valence-electron chi connectivity index (χ3n) is 1.34. The fourth-order valence-electron chi connectivity index (χ4n) is 0.434. The number of amides is 1.